The lowest BCUT2D eigenvalue weighted by Crippen LogP contribution is -1.98. The highest BCUT2D eigenvalue weighted by Crippen LogP contribution is 2.12. The summed E-state index contributed by atoms with van der Waals surface area (Å²) in [5.41, 5.74) is 3.98. The van der Waals surface area contributed by atoms with Crippen molar-refractivity contribution in [1.82, 2.24) is 0 Å². The van der Waals surface area contributed by atoms with Crippen LogP contribution in [0.25, 0.3) is 24.3 Å². The minimum Gasteiger partial charge on any atom is -0.463 e. The van der Waals surface area contributed by atoms with Crippen molar-refractivity contribution in [3.63, 3.8) is 0 Å². The molecule has 2 aromatic carbocycles. The lowest BCUT2D eigenvalue weighted by atomic mass is 10.1. The van der Waals surface area contributed by atoms with Gasteiger partial charge in [-0.1, -0.05) is 60.7 Å². The standard InChI is InChI=1S/C24H24O4/c1-3-27-23(25)17-15-21-11-7-19(8-12-21)5-6-20-9-13-22(14-10-20)16-18-24(26)28-4-2/h5-18H,3-4H2,1-2H3/b6-5+,17-15+,18-16+. The van der Waals surface area contributed by atoms with Crippen LogP contribution in [-0.2, 0) is 19.1 Å². The molecule has 4 nitrogen and oxygen atoms in total. The molecule has 144 valence electrons. The van der Waals surface area contributed by atoms with E-state index in [0.717, 1.165) is 22.3 Å². The SMILES string of the molecule is CCOC(=O)/C=C/c1ccc(/C=C/c2ccc(/C=C/C(=O)OCC)cc2)cc1. The molecule has 0 N–H and O–H groups in total. The van der Waals surface area contributed by atoms with Crippen LogP contribution in [0.4, 0.5) is 0 Å². The number of carbonyl (C=O) groups is 2. The summed E-state index contributed by atoms with van der Waals surface area (Å²) in [6.07, 6.45) is 10.3. The molecule has 4 heteroatoms. The van der Waals surface area contributed by atoms with Gasteiger partial charge in [-0.3, -0.25) is 0 Å². The molecule has 0 spiro atoms. The van der Waals surface area contributed by atoms with E-state index in [9.17, 15) is 9.59 Å². The Hall–Kier alpha value is -3.40. The van der Waals surface area contributed by atoms with E-state index in [1.165, 1.54) is 12.2 Å². The maximum Gasteiger partial charge on any atom is 0.330 e. The van der Waals surface area contributed by atoms with Gasteiger partial charge >= 0.3 is 11.9 Å². The molecular weight excluding hydrogens is 352 g/mol. The van der Waals surface area contributed by atoms with Crippen molar-refractivity contribution in [2.24, 2.45) is 0 Å². The number of rotatable bonds is 8. The zero-order valence-corrected chi connectivity index (χ0v) is 16.1. The van der Waals surface area contributed by atoms with Gasteiger partial charge in [0.1, 0.15) is 0 Å². The number of ether oxygens (including phenoxy) is 2. The predicted molar refractivity (Wildman–Crippen MR) is 113 cm³/mol. The summed E-state index contributed by atoms with van der Waals surface area (Å²) in [7, 11) is 0. The van der Waals surface area contributed by atoms with E-state index in [0.29, 0.717) is 13.2 Å². The monoisotopic (exact) mass is 376 g/mol. The zero-order valence-electron chi connectivity index (χ0n) is 16.1. The third-order valence-corrected chi connectivity index (χ3v) is 3.74. The van der Waals surface area contributed by atoms with Gasteiger partial charge in [-0.05, 0) is 48.3 Å². The molecular formula is C24H24O4. The average Bonchev–Trinajstić information content (AvgIpc) is 2.71. The van der Waals surface area contributed by atoms with Gasteiger partial charge in [0.05, 0.1) is 13.2 Å². The van der Waals surface area contributed by atoms with Crippen LogP contribution in [0.15, 0.2) is 60.7 Å². The fraction of sp³-hybridized carbons (Fsp3) is 0.167. The minimum atomic E-state index is -0.341. The highest BCUT2D eigenvalue weighted by atomic mass is 16.5. The van der Waals surface area contributed by atoms with E-state index in [-0.39, 0.29) is 11.9 Å². The Morgan fingerprint density at radius 1 is 0.607 bits per heavy atom. The van der Waals surface area contributed by atoms with Crippen molar-refractivity contribution in [2.45, 2.75) is 13.8 Å². The summed E-state index contributed by atoms with van der Waals surface area (Å²) in [5, 5.41) is 0. The fourth-order valence-corrected chi connectivity index (χ4v) is 2.34. The summed E-state index contributed by atoms with van der Waals surface area (Å²) in [5.74, 6) is -0.681. The van der Waals surface area contributed by atoms with Crippen molar-refractivity contribution in [3.8, 4) is 0 Å². The highest BCUT2D eigenvalue weighted by Gasteiger charge is 1.96. The number of carbonyl (C=O) groups excluding carboxylic acids is 2. The fourth-order valence-electron chi connectivity index (χ4n) is 2.34. The lowest BCUT2D eigenvalue weighted by Gasteiger charge is -1.99. The average molecular weight is 376 g/mol. The van der Waals surface area contributed by atoms with E-state index in [2.05, 4.69) is 0 Å². The molecule has 28 heavy (non-hydrogen) atoms. The third kappa shape index (κ3) is 7.46. The van der Waals surface area contributed by atoms with E-state index in [4.69, 9.17) is 9.47 Å². The summed E-state index contributed by atoms with van der Waals surface area (Å²) < 4.78 is 9.71. The van der Waals surface area contributed by atoms with Gasteiger partial charge in [-0.15, -0.1) is 0 Å². The second-order valence-corrected chi connectivity index (χ2v) is 5.84. The number of benzene rings is 2. The van der Waals surface area contributed by atoms with Crippen LogP contribution in [0.3, 0.4) is 0 Å². The summed E-state index contributed by atoms with van der Waals surface area (Å²) in [6.45, 7) is 4.30. The van der Waals surface area contributed by atoms with Crippen LogP contribution < -0.4 is 0 Å². The minimum absolute atomic E-state index is 0.341. The van der Waals surface area contributed by atoms with Gasteiger partial charge in [0.15, 0.2) is 0 Å². The molecule has 0 aliphatic heterocycles. The van der Waals surface area contributed by atoms with Crippen molar-refractivity contribution < 1.29 is 19.1 Å². The topological polar surface area (TPSA) is 52.6 Å². The van der Waals surface area contributed by atoms with E-state index in [1.54, 1.807) is 26.0 Å². The van der Waals surface area contributed by atoms with Crippen LogP contribution in [0.1, 0.15) is 36.1 Å². The Labute approximate surface area is 165 Å². The van der Waals surface area contributed by atoms with Crippen LogP contribution >= 0.6 is 0 Å². The van der Waals surface area contributed by atoms with Crippen molar-refractivity contribution in [2.75, 3.05) is 13.2 Å². The molecule has 0 aliphatic rings. The Bertz CT molecular complexity index is 783. The van der Waals surface area contributed by atoms with Crippen LogP contribution in [-0.4, -0.2) is 25.2 Å². The van der Waals surface area contributed by atoms with Crippen molar-refractivity contribution in [3.05, 3.63) is 82.9 Å². The summed E-state index contributed by atoms with van der Waals surface area (Å²) in [4.78, 5) is 22.6. The molecule has 0 saturated carbocycles. The lowest BCUT2D eigenvalue weighted by molar-refractivity contribution is -0.138. The molecule has 0 heterocycles. The smallest absolute Gasteiger partial charge is 0.330 e. The summed E-state index contributed by atoms with van der Waals surface area (Å²) in [6, 6.07) is 15.7. The van der Waals surface area contributed by atoms with Gasteiger partial charge in [0, 0.05) is 12.2 Å². The molecule has 2 aromatic rings. The quantitative estimate of drug-likeness (QED) is 0.369. The van der Waals surface area contributed by atoms with Crippen molar-refractivity contribution in [1.29, 1.82) is 0 Å². The first-order valence-corrected chi connectivity index (χ1v) is 9.18. The van der Waals surface area contributed by atoms with Gasteiger partial charge < -0.3 is 9.47 Å². The van der Waals surface area contributed by atoms with Gasteiger partial charge in [0.2, 0.25) is 0 Å². The number of hydrogen-bond acceptors (Lipinski definition) is 4. The van der Waals surface area contributed by atoms with Gasteiger partial charge in [-0.25, -0.2) is 9.59 Å². The molecule has 0 amide bonds. The van der Waals surface area contributed by atoms with Crippen molar-refractivity contribution >= 4 is 36.2 Å². The number of esters is 2. The van der Waals surface area contributed by atoms with Gasteiger partial charge in [-0.2, -0.15) is 0 Å². The maximum absolute atomic E-state index is 11.3. The van der Waals surface area contributed by atoms with Crippen LogP contribution in [0, 0.1) is 0 Å². The molecule has 0 saturated heterocycles. The number of hydrogen-bond donors (Lipinski definition) is 0. The first-order chi connectivity index (χ1) is 13.6. The molecule has 0 radical (unpaired) electrons. The van der Waals surface area contributed by atoms with Crippen LogP contribution in [0.2, 0.25) is 0 Å². The Kier molecular flexibility index (Phi) is 8.47. The van der Waals surface area contributed by atoms with E-state index >= 15 is 0 Å². The largest absolute Gasteiger partial charge is 0.463 e. The maximum atomic E-state index is 11.3. The van der Waals surface area contributed by atoms with Crippen LogP contribution in [0.5, 0.6) is 0 Å². The highest BCUT2D eigenvalue weighted by molar-refractivity contribution is 5.87. The van der Waals surface area contributed by atoms with E-state index < -0.39 is 0 Å². The zero-order chi connectivity index (χ0) is 20.2. The molecule has 0 atom stereocenters. The molecule has 2 rings (SSSR count). The molecule has 0 fully saturated rings. The molecule has 0 unspecified atom stereocenters. The normalized spacial score (nSPS) is 11.4. The predicted octanol–water partition coefficient (Wildman–Crippen LogP) is 5.01. The second kappa shape index (κ2) is 11.3. The molecule has 0 bridgehead atoms. The molecule has 0 aromatic heterocycles. The first-order valence-electron chi connectivity index (χ1n) is 9.18. The Morgan fingerprint density at radius 3 is 1.18 bits per heavy atom. The Morgan fingerprint density at radius 2 is 0.893 bits per heavy atom. The molecule has 0 aliphatic carbocycles. The third-order valence-electron chi connectivity index (χ3n) is 3.74. The van der Waals surface area contributed by atoms with Gasteiger partial charge in [0.25, 0.3) is 0 Å². The Balaban J connectivity index is 1.94. The first kappa shape index (κ1) is 20.9. The summed E-state index contributed by atoms with van der Waals surface area (Å²) >= 11 is 0. The van der Waals surface area contributed by atoms with E-state index in [1.807, 2.05) is 60.7 Å². The second-order valence-electron chi connectivity index (χ2n) is 5.84.